The third-order valence-corrected chi connectivity index (χ3v) is 11.3. The molecule has 4 fully saturated rings. The number of ether oxygens (including phenoxy) is 5. The van der Waals surface area contributed by atoms with Crippen LogP contribution in [0.3, 0.4) is 0 Å². The van der Waals surface area contributed by atoms with Crippen LogP contribution >= 0.6 is 0 Å². The molecular formula is C30H36O10. The number of rotatable bonds is 3. The van der Waals surface area contributed by atoms with E-state index in [1.54, 1.807) is 6.08 Å². The van der Waals surface area contributed by atoms with Gasteiger partial charge in [-0.15, -0.1) is 0 Å². The van der Waals surface area contributed by atoms with Gasteiger partial charge in [0.25, 0.3) is 6.29 Å². The van der Waals surface area contributed by atoms with E-state index >= 15 is 0 Å². The molecule has 10 atom stereocenters. The van der Waals surface area contributed by atoms with Crippen LogP contribution in [0.4, 0.5) is 0 Å². The predicted molar refractivity (Wildman–Crippen MR) is 136 cm³/mol. The first-order chi connectivity index (χ1) is 18.5. The van der Waals surface area contributed by atoms with Crippen LogP contribution in [0.5, 0.6) is 0 Å². The van der Waals surface area contributed by atoms with Crippen molar-refractivity contribution in [2.24, 2.45) is 33.5 Å². The summed E-state index contributed by atoms with van der Waals surface area (Å²) in [6, 6.07) is 0. The molecule has 0 aromatic heterocycles. The van der Waals surface area contributed by atoms with E-state index in [2.05, 4.69) is 6.92 Å². The Bertz CT molecular complexity index is 1310. The smallest absolute Gasteiger partial charge is 0.341 e. The SMILES string of the molecule is CC(=O)O[C@H]1C=C([C@@H]2OC(=O)[C@H]3O[C@]34[C@]3(C)[C@H](OC(C)=O)CC5C(C)(C)C(=O)C=C[C@]5(C)[C@H]3CC[C@@]24C)C(=O)O1. The largest absolute Gasteiger partial charge is 0.462 e. The molecule has 0 amide bonds. The minimum absolute atomic E-state index is 0.0369. The highest BCUT2D eigenvalue weighted by Gasteiger charge is 2.88. The van der Waals surface area contributed by atoms with E-state index < -0.39 is 75.7 Å². The quantitative estimate of drug-likeness (QED) is 0.290. The summed E-state index contributed by atoms with van der Waals surface area (Å²) >= 11 is 0. The van der Waals surface area contributed by atoms with Crippen molar-refractivity contribution in [3.8, 4) is 0 Å². The van der Waals surface area contributed by atoms with E-state index in [9.17, 15) is 24.0 Å². The molecule has 10 heteroatoms. The Morgan fingerprint density at radius 3 is 2.25 bits per heavy atom. The zero-order valence-corrected chi connectivity index (χ0v) is 23.9. The van der Waals surface area contributed by atoms with Crippen LogP contribution in [0.2, 0.25) is 0 Å². The summed E-state index contributed by atoms with van der Waals surface area (Å²) in [6.07, 6.45) is 2.88. The molecule has 2 saturated carbocycles. The summed E-state index contributed by atoms with van der Waals surface area (Å²) in [4.78, 5) is 63.5. The Morgan fingerprint density at radius 1 is 0.925 bits per heavy atom. The lowest BCUT2D eigenvalue weighted by molar-refractivity contribution is -0.247. The standard InChI is InChI=1S/C30H36O10/c1-14(31)36-20-13-18-26(3,4)19(33)9-10-27(18,5)17-8-11-28(6)22(16-12-21(37-15(2)32)38-24(16)34)39-25(35)23-30(28,40-23)29(17,20)7/h9-10,12,17-18,20-23H,8,11,13H2,1-7H3/t17-,18?,20-,21-,22+,23-,27-,28+,29+,30-/m1/s1. The monoisotopic (exact) mass is 556 g/mol. The summed E-state index contributed by atoms with van der Waals surface area (Å²) in [7, 11) is 0. The molecule has 2 saturated heterocycles. The Hall–Kier alpha value is -3.01. The van der Waals surface area contributed by atoms with E-state index in [0.717, 1.165) is 0 Å². The third-order valence-electron chi connectivity index (χ3n) is 11.3. The van der Waals surface area contributed by atoms with Crippen LogP contribution in [0.1, 0.15) is 67.7 Å². The van der Waals surface area contributed by atoms with Crippen LogP contribution < -0.4 is 0 Å². The molecule has 0 radical (unpaired) electrons. The number of hydrogen-bond donors (Lipinski definition) is 0. The van der Waals surface area contributed by atoms with E-state index in [1.165, 1.54) is 19.9 Å². The van der Waals surface area contributed by atoms with Crippen molar-refractivity contribution in [2.75, 3.05) is 0 Å². The van der Waals surface area contributed by atoms with E-state index in [1.807, 2.05) is 33.8 Å². The van der Waals surface area contributed by atoms with Gasteiger partial charge in [-0.3, -0.25) is 14.4 Å². The molecule has 0 N–H and O–H groups in total. The molecule has 0 bridgehead atoms. The minimum atomic E-state index is -1.21. The topological polar surface area (TPSA) is 135 Å². The van der Waals surface area contributed by atoms with Gasteiger partial charge in [-0.05, 0) is 42.6 Å². The Balaban J connectivity index is 1.50. The zero-order chi connectivity index (χ0) is 29.2. The van der Waals surface area contributed by atoms with Crippen LogP contribution in [0, 0.1) is 33.5 Å². The van der Waals surface area contributed by atoms with Crippen molar-refractivity contribution in [1.29, 1.82) is 0 Å². The van der Waals surface area contributed by atoms with E-state index in [4.69, 9.17) is 23.7 Å². The molecule has 216 valence electrons. The van der Waals surface area contributed by atoms with Gasteiger partial charge in [0.1, 0.15) is 17.8 Å². The molecular weight excluding hydrogens is 520 g/mol. The zero-order valence-electron chi connectivity index (χ0n) is 23.9. The number of cyclic esters (lactones) is 2. The highest BCUT2D eigenvalue weighted by atomic mass is 16.7. The number of carbonyl (C=O) groups excluding carboxylic acids is 5. The fourth-order valence-corrected chi connectivity index (χ4v) is 9.59. The fraction of sp³-hybridized carbons (Fsp3) is 0.700. The molecule has 6 rings (SSSR count). The number of ketones is 1. The number of hydrogen-bond acceptors (Lipinski definition) is 10. The predicted octanol–water partition coefficient (Wildman–Crippen LogP) is 2.97. The first-order valence-electron chi connectivity index (χ1n) is 13.9. The Labute approximate surface area is 232 Å². The van der Waals surface area contributed by atoms with Crippen LogP contribution in [0.25, 0.3) is 0 Å². The van der Waals surface area contributed by atoms with Gasteiger partial charge in [0.05, 0.1) is 5.57 Å². The molecule has 0 aromatic carbocycles. The normalized spacial score (nSPS) is 47.9. The first kappa shape index (κ1) is 27.2. The van der Waals surface area contributed by atoms with Crippen molar-refractivity contribution in [1.82, 2.24) is 0 Å². The van der Waals surface area contributed by atoms with Crippen LogP contribution in [-0.2, 0) is 47.7 Å². The summed E-state index contributed by atoms with van der Waals surface area (Å²) in [6.45, 7) is 12.6. The molecule has 3 aliphatic heterocycles. The molecule has 1 spiro atoms. The average Bonchev–Trinajstić information content (AvgIpc) is 3.53. The molecule has 10 nitrogen and oxygen atoms in total. The summed E-state index contributed by atoms with van der Waals surface area (Å²) in [5.41, 5.74) is -3.89. The van der Waals surface area contributed by atoms with Crippen molar-refractivity contribution >= 4 is 29.7 Å². The van der Waals surface area contributed by atoms with Gasteiger partial charge in [0.2, 0.25) is 0 Å². The van der Waals surface area contributed by atoms with Gasteiger partial charge in [-0.2, -0.15) is 0 Å². The minimum Gasteiger partial charge on any atom is -0.462 e. The van der Waals surface area contributed by atoms with Crippen LogP contribution in [-0.4, -0.2) is 59.9 Å². The molecule has 3 aliphatic carbocycles. The molecule has 6 aliphatic rings. The van der Waals surface area contributed by atoms with Crippen LogP contribution in [0.15, 0.2) is 23.8 Å². The maximum Gasteiger partial charge on any atom is 0.341 e. The average molecular weight is 557 g/mol. The van der Waals surface area contributed by atoms with Gasteiger partial charge < -0.3 is 23.7 Å². The Morgan fingerprint density at radius 2 is 1.60 bits per heavy atom. The second kappa shape index (κ2) is 8.05. The number of fused-ring (bicyclic) bond motifs is 3. The summed E-state index contributed by atoms with van der Waals surface area (Å²) in [5, 5.41) is 0. The highest BCUT2D eigenvalue weighted by molar-refractivity contribution is 5.96. The number of epoxide rings is 1. The maximum absolute atomic E-state index is 13.4. The van der Waals surface area contributed by atoms with Gasteiger partial charge in [-0.25, -0.2) is 9.59 Å². The fourth-order valence-electron chi connectivity index (χ4n) is 9.59. The third kappa shape index (κ3) is 3.11. The number of carbonyl (C=O) groups is 5. The van der Waals surface area contributed by atoms with Gasteiger partial charge in [0.15, 0.2) is 11.9 Å². The summed E-state index contributed by atoms with van der Waals surface area (Å²) < 4.78 is 28.8. The maximum atomic E-state index is 13.4. The number of allylic oxidation sites excluding steroid dienone is 2. The first-order valence-corrected chi connectivity index (χ1v) is 13.9. The van der Waals surface area contributed by atoms with Crippen molar-refractivity contribution in [3.05, 3.63) is 23.8 Å². The highest BCUT2D eigenvalue weighted by Crippen LogP contribution is 2.78. The van der Waals surface area contributed by atoms with Crippen molar-refractivity contribution in [2.45, 2.75) is 97.9 Å². The molecule has 0 aromatic rings. The van der Waals surface area contributed by atoms with Crippen molar-refractivity contribution < 1.29 is 47.7 Å². The van der Waals surface area contributed by atoms with Gasteiger partial charge in [-0.1, -0.05) is 40.7 Å². The second-order valence-electron chi connectivity index (χ2n) is 13.5. The molecule has 3 heterocycles. The Kier molecular flexibility index (Phi) is 5.47. The van der Waals surface area contributed by atoms with Gasteiger partial charge >= 0.3 is 23.9 Å². The lowest BCUT2D eigenvalue weighted by Gasteiger charge is -2.68. The molecule has 1 unspecified atom stereocenters. The summed E-state index contributed by atoms with van der Waals surface area (Å²) in [5.74, 6) is -2.59. The lowest BCUT2D eigenvalue weighted by Crippen LogP contribution is -2.74. The number of esters is 4. The van der Waals surface area contributed by atoms with E-state index in [-0.39, 0.29) is 23.2 Å². The van der Waals surface area contributed by atoms with E-state index in [0.29, 0.717) is 19.3 Å². The van der Waals surface area contributed by atoms with Gasteiger partial charge in [0, 0.05) is 36.2 Å². The van der Waals surface area contributed by atoms with Crippen molar-refractivity contribution in [3.63, 3.8) is 0 Å². The lowest BCUT2D eigenvalue weighted by atomic mass is 9.35. The molecule has 40 heavy (non-hydrogen) atoms. The second-order valence-corrected chi connectivity index (χ2v) is 13.5.